The highest BCUT2D eigenvalue weighted by atomic mass is 35.5. The quantitative estimate of drug-likeness (QED) is 0.671. The van der Waals surface area contributed by atoms with Crippen LogP contribution in [-0.2, 0) is 0 Å². The zero-order chi connectivity index (χ0) is 14.7. The van der Waals surface area contributed by atoms with Crippen LogP contribution < -0.4 is 16.0 Å². The van der Waals surface area contributed by atoms with Crippen LogP contribution in [0.5, 0.6) is 5.75 Å². The van der Waals surface area contributed by atoms with Crippen LogP contribution in [0.1, 0.15) is 22.7 Å². The molecule has 0 aliphatic carbocycles. The third-order valence-corrected chi connectivity index (χ3v) is 3.47. The SMILES string of the molecule is COc1ccc(C(NN)c2cc(Cl)ccc2C)c(F)c1. The fraction of sp³-hybridized carbons (Fsp3) is 0.200. The van der Waals surface area contributed by atoms with E-state index in [1.165, 1.54) is 13.2 Å². The summed E-state index contributed by atoms with van der Waals surface area (Å²) in [4.78, 5) is 0. The molecule has 106 valence electrons. The number of nitrogens with one attached hydrogen (secondary N) is 1. The molecule has 0 saturated heterocycles. The minimum atomic E-state index is -0.473. The maximum Gasteiger partial charge on any atom is 0.132 e. The predicted molar refractivity (Wildman–Crippen MR) is 78.3 cm³/mol. The number of nitrogens with two attached hydrogens (primary N) is 1. The van der Waals surface area contributed by atoms with Crippen LogP contribution in [-0.4, -0.2) is 7.11 Å². The molecule has 0 heterocycles. The molecule has 1 unspecified atom stereocenters. The summed E-state index contributed by atoms with van der Waals surface area (Å²) in [7, 11) is 1.49. The number of rotatable bonds is 4. The van der Waals surface area contributed by atoms with Gasteiger partial charge in [-0.2, -0.15) is 0 Å². The average Bonchev–Trinajstić information content (AvgIpc) is 2.44. The number of hydrogen-bond acceptors (Lipinski definition) is 3. The van der Waals surface area contributed by atoms with Gasteiger partial charge in [0.25, 0.3) is 0 Å². The smallest absolute Gasteiger partial charge is 0.132 e. The van der Waals surface area contributed by atoms with Crippen molar-refractivity contribution in [3.63, 3.8) is 0 Å². The number of benzene rings is 2. The summed E-state index contributed by atoms with van der Waals surface area (Å²) in [6.07, 6.45) is 0. The van der Waals surface area contributed by atoms with Crippen LogP contribution >= 0.6 is 11.6 Å². The molecule has 1 atom stereocenters. The minimum Gasteiger partial charge on any atom is -0.497 e. The molecule has 3 nitrogen and oxygen atoms in total. The van der Waals surface area contributed by atoms with Crippen molar-refractivity contribution in [2.75, 3.05) is 7.11 Å². The Hall–Kier alpha value is -1.62. The fourth-order valence-corrected chi connectivity index (χ4v) is 2.32. The summed E-state index contributed by atoms with van der Waals surface area (Å²) in [5.74, 6) is 5.68. The lowest BCUT2D eigenvalue weighted by atomic mass is 9.95. The van der Waals surface area contributed by atoms with Crippen LogP contribution in [0.25, 0.3) is 0 Å². The Labute approximate surface area is 122 Å². The molecular weight excluding hydrogens is 279 g/mol. The van der Waals surface area contributed by atoms with Gasteiger partial charge in [-0.25, -0.2) is 9.82 Å². The predicted octanol–water partition coefficient (Wildman–Crippen LogP) is 3.35. The number of ether oxygens (including phenoxy) is 1. The van der Waals surface area contributed by atoms with E-state index in [1.54, 1.807) is 24.3 Å². The monoisotopic (exact) mass is 294 g/mol. The Morgan fingerprint density at radius 1 is 1.20 bits per heavy atom. The fourth-order valence-electron chi connectivity index (χ4n) is 2.14. The summed E-state index contributed by atoms with van der Waals surface area (Å²) < 4.78 is 19.2. The zero-order valence-corrected chi connectivity index (χ0v) is 12.0. The second-order valence-corrected chi connectivity index (χ2v) is 4.92. The molecule has 0 aliphatic rings. The van der Waals surface area contributed by atoms with Gasteiger partial charge in [0, 0.05) is 16.7 Å². The van der Waals surface area contributed by atoms with Gasteiger partial charge in [-0.05, 0) is 36.2 Å². The van der Waals surface area contributed by atoms with E-state index in [4.69, 9.17) is 22.2 Å². The Kier molecular flexibility index (Phi) is 4.60. The molecular formula is C15H16ClFN2O. The van der Waals surface area contributed by atoms with Crippen LogP contribution in [0.15, 0.2) is 36.4 Å². The Morgan fingerprint density at radius 3 is 2.55 bits per heavy atom. The van der Waals surface area contributed by atoms with Gasteiger partial charge >= 0.3 is 0 Å². The molecule has 0 amide bonds. The van der Waals surface area contributed by atoms with E-state index in [9.17, 15) is 4.39 Å². The van der Waals surface area contributed by atoms with Crippen molar-refractivity contribution in [2.24, 2.45) is 5.84 Å². The van der Waals surface area contributed by atoms with E-state index in [2.05, 4.69) is 5.43 Å². The number of hydrogen-bond donors (Lipinski definition) is 2. The third-order valence-electron chi connectivity index (χ3n) is 3.24. The molecule has 0 saturated carbocycles. The Morgan fingerprint density at radius 2 is 1.95 bits per heavy atom. The molecule has 2 aromatic rings. The van der Waals surface area contributed by atoms with Crippen LogP contribution in [0.2, 0.25) is 5.02 Å². The van der Waals surface area contributed by atoms with Crippen LogP contribution in [0, 0.1) is 12.7 Å². The summed E-state index contributed by atoms with van der Waals surface area (Å²) in [5.41, 5.74) is 4.90. The largest absolute Gasteiger partial charge is 0.497 e. The molecule has 2 rings (SSSR count). The van der Waals surface area contributed by atoms with Gasteiger partial charge in [-0.15, -0.1) is 0 Å². The van der Waals surface area contributed by atoms with E-state index in [1.807, 2.05) is 13.0 Å². The lowest BCUT2D eigenvalue weighted by Crippen LogP contribution is -2.30. The lowest BCUT2D eigenvalue weighted by Gasteiger charge is -2.20. The maximum absolute atomic E-state index is 14.2. The molecule has 0 radical (unpaired) electrons. The van der Waals surface area contributed by atoms with Gasteiger partial charge in [-0.1, -0.05) is 23.7 Å². The van der Waals surface area contributed by atoms with E-state index in [0.29, 0.717) is 16.3 Å². The Bertz CT molecular complexity index is 619. The second-order valence-electron chi connectivity index (χ2n) is 4.49. The first-order valence-corrected chi connectivity index (χ1v) is 6.50. The molecule has 0 aliphatic heterocycles. The van der Waals surface area contributed by atoms with E-state index in [-0.39, 0.29) is 5.82 Å². The zero-order valence-electron chi connectivity index (χ0n) is 11.3. The molecule has 0 fully saturated rings. The van der Waals surface area contributed by atoms with Crippen LogP contribution in [0.4, 0.5) is 4.39 Å². The number of methoxy groups -OCH3 is 1. The number of hydrazine groups is 1. The molecule has 0 aromatic heterocycles. The van der Waals surface area contributed by atoms with E-state index < -0.39 is 6.04 Å². The lowest BCUT2D eigenvalue weighted by molar-refractivity contribution is 0.410. The highest BCUT2D eigenvalue weighted by Crippen LogP contribution is 2.30. The number of halogens is 2. The van der Waals surface area contributed by atoms with Crippen molar-refractivity contribution in [2.45, 2.75) is 13.0 Å². The normalized spacial score (nSPS) is 12.2. The van der Waals surface area contributed by atoms with Gasteiger partial charge < -0.3 is 4.74 Å². The first kappa shape index (κ1) is 14.8. The summed E-state index contributed by atoms with van der Waals surface area (Å²) in [6.45, 7) is 1.93. The molecule has 3 N–H and O–H groups in total. The topological polar surface area (TPSA) is 47.3 Å². The molecule has 2 aromatic carbocycles. The van der Waals surface area contributed by atoms with Gasteiger partial charge in [0.05, 0.1) is 13.2 Å². The van der Waals surface area contributed by atoms with Crippen molar-refractivity contribution in [3.05, 3.63) is 63.9 Å². The molecule has 20 heavy (non-hydrogen) atoms. The Balaban J connectivity index is 2.49. The van der Waals surface area contributed by atoms with Gasteiger partial charge in [0.2, 0.25) is 0 Å². The standard InChI is InChI=1S/C15H16ClFN2O/c1-9-3-4-10(16)7-13(9)15(19-18)12-6-5-11(20-2)8-14(12)17/h3-8,15,19H,18H2,1-2H3. The van der Waals surface area contributed by atoms with Crippen molar-refractivity contribution >= 4 is 11.6 Å². The van der Waals surface area contributed by atoms with Crippen molar-refractivity contribution in [3.8, 4) is 5.75 Å². The van der Waals surface area contributed by atoms with Gasteiger partial charge in [-0.3, -0.25) is 5.84 Å². The van der Waals surface area contributed by atoms with E-state index >= 15 is 0 Å². The van der Waals surface area contributed by atoms with Crippen molar-refractivity contribution in [1.82, 2.24) is 5.43 Å². The molecule has 5 heteroatoms. The second kappa shape index (κ2) is 6.22. The summed E-state index contributed by atoms with van der Waals surface area (Å²) >= 11 is 6.01. The van der Waals surface area contributed by atoms with Crippen molar-refractivity contribution < 1.29 is 9.13 Å². The first-order valence-electron chi connectivity index (χ1n) is 6.12. The first-order chi connectivity index (χ1) is 9.56. The van der Waals surface area contributed by atoms with Gasteiger partial charge in [0.1, 0.15) is 11.6 Å². The maximum atomic E-state index is 14.2. The summed E-state index contributed by atoms with van der Waals surface area (Å²) in [6, 6.07) is 9.66. The van der Waals surface area contributed by atoms with Gasteiger partial charge in [0.15, 0.2) is 0 Å². The minimum absolute atomic E-state index is 0.383. The highest BCUT2D eigenvalue weighted by Gasteiger charge is 2.19. The van der Waals surface area contributed by atoms with E-state index in [0.717, 1.165) is 11.1 Å². The average molecular weight is 295 g/mol. The third kappa shape index (κ3) is 2.93. The molecule has 0 bridgehead atoms. The highest BCUT2D eigenvalue weighted by molar-refractivity contribution is 6.30. The van der Waals surface area contributed by atoms with Crippen molar-refractivity contribution in [1.29, 1.82) is 0 Å². The molecule has 0 spiro atoms. The number of aryl methyl sites for hydroxylation is 1. The summed E-state index contributed by atoms with van der Waals surface area (Å²) in [5, 5.41) is 0.583. The van der Waals surface area contributed by atoms with Crippen LogP contribution in [0.3, 0.4) is 0 Å².